The summed E-state index contributed by atoms with van der Waals surface area (Å²) in [6, 6.07) is 17.7. The van der Waals surface area contributed by atoms with Gasteiger partial charge in [-0.25, -0.2) is 14.9 Å². The molecule has 2 amide bonds. The predicted molar refractivity (Wildman–Crippen MR) is 103 cm³/mol. The van der Waals surface area contributed by atoms with Crippen molar-refractivity contribution in [2.24, 2.45) is 5.92 Å². The number of aryl methyl sites for hydroxylation is 1. The first-order valence-corrected chi connectivity index (χ1v) is 9.57. The van der Waals surface area contributed by atoms with E-state index in [-0.39, 0.29) is 17.9 Å². The average Bonchev–Trinajstić information content (AvgIpc) is 3.30. The molecule has 0 radical (unpaired) electrons. The van der Waals surface area contributed by atoms with Crippen LogP contribution in [0.4, 0.5) is 5.69 Å². The lowest BCUT2D eigenvalue weighted by molar-refractivity contribution is -0.131. The largest absolute Gasteiger partial charge is 0.274 e. The minimum absolute atomic E-state index is 0.0883. The minimum atomic E-state index is -0.820. The van der Waals surface area contributed by atoms with Crippen molar-refractivity contribution in [1.82, 2.24) is 10.0 Å². The van der Waals surface area contributed by atoms with Crippen LogP contribution >= 0.6 is 0 Å². The van der Waals surface area contributed by atoms with Gasteiger partial charge in [-0.05, 0) is 38.0 Å². The van der Waals surface area contributed by atoms with E-state index in [2.05, 4.69) is 22.2 Å². The van der Waals surface area contributed by atoms with Crippen molar-refractivity contribution in [3.8, 4) is 0 Å². The van der Waals surface area contributed by atoms with Crippen LogP contribution in [-0.2, 0) is 9.59 Å². The SMILES string of the molecule is Cc1ccc(N2C(=O)[C@H]3[C@@H](c4ccccc4)N4CCCN4[C@]3(C)C2=O)cc1. The van der Waals surface area contributed by atoms with Crippen LogP contribution in [0.25, 0.3) is 0 Å². The van der Waals surface area contributed by atoms with E-state index in [1.807, 2.05) is 56.3 Å². The van der Waals surface area contributed by atoms with Crippen molar-refractivity contribution >= 4 is 17.5 Å². The highest BCUT2D eigenvalue weighted by atomic mass is 16.2. The fourth-order valence-corrected chi connectivity index (χ4v) is 5.10. The topological polar surface area (TPSA) is 43.9 Å². The number of fused-ring (bicyclic) bond motifs is 3. The molecule has 0 unspecified atom stereocenters. The van der Waals surface area contributed by atoms with Crippen LogP contribution in [-0.4, -0.2) is 40.5 Å². The molecule has 3 aliphatic rings. The summed E-state index contributed by atoms with van der Waals surface area (Å²) in [5.41, 5.74) is 2.06. The second kappa shape index (κ2) is 5.75. The summed E-state index contributed by atoms with van der Waals surface area (Å²) in [6.07, 6.45) is 1.01. The number of anilines is 1. The molecule has 5 nitrogen and oxygen atoms in total. The van der Waals surface area contributed by atoms with Gasteiger partial charge in [-0.1, -0.05) is 48.0 Å². The second-order valence-corrected chi connectivity index (χ2v) is 7.93. The number of benzene rings is 2. The van der Waals surface area contributed by atoms with Crippen molar-refractivity contribution in [2.75, 3.05) is 18.0 Å². The molecule has 3 saturated heterocycles. The molecular formula is C22H23N3O2. The molecule has 138 valence electrons. The van der Waals surface area contributed by atoms with E-state index in [4.69, 9.17) is 0 Å². The van der Waals surface area contributed by atoms with Gasteiger partial charge in [0.15, 0.2) is 0 Å². The summed E-state index contributed by atoms with van der Waals surface area (Å²) in [7, 11) is 0. The molecule has 0 aliphatic carbocycles. The molecule has 2 aromatic carbocycles. The van der Waals surface area contributed by atoms with Gasteiger partial charge in [-0.2, -0.15) is 0 Å². The summed E-state index contributed by atoms with van der Waals surface area (Å²) < 4.78 is 0. The number of hydrogen-bond acceptors (Lipinski definition) is 4. The zero-order valence-corrected chi connectivity index (χ0v) is 15.6. The Morgan fingerprint density at radius 2 is 1.67 bits per heavy atom. The Morgan fingerprint density at radius 3 is 2.37 bits per heavy atom. The van der Waals surface area contributed by atoms with Crippen LogP contribution in [0.2, 0.25) is 0 Å². The van der Waals surface area contributed by atoms with Gasteiger partial charge in [0.25, 0.3) is 5.91 Å². The molecule has 5 heteroatoms. The lowest BCUT2D eigenvalue weighted by Crippen LogP contribution is -2.52. The van der Waals surface area contributed by atoms with Crippen LogP contribution < -0.4 is 4.90 Å². The Bertz CT molecular complexity index is 911. The van der Waals surface area contributed by atoms with E-state index in [0.717, 1.165) is 30.6 Å². The number of hydrazine groups is 1. The van der Waals surface area contributed by atoms with Crippen molar-refractivity contribution in [2.45, 2.75) is 31.8 Å². The van der Waals surface area contributed by atoms with Crippen molar-refractivity contribution in [3.63, 3.8) is 0 Å². The number of hydrogen-bond donors (Lipinski definition) is 0. The Labute approximate surface area is 159 Å². The molecule has 5 rings (SSSR count). The zero-order chi connectivity index (χ0) is 18.8. The van der Waals surface area contributed by atoms with Crippen LogP contribution in [0, 0.1) is 12.8 Å². The first-order valence-electron chi connectivity index (χ1n) is 9.57. The average molecular weight is 361 g/mol. The number of rotatable bonds is 2. The normalized spacial score (nSPS) is 30.8. The number of carbonyl (C=O) groups excluding carboxylic acids is 2. The molecule has 0 spiro atoms. The first kappa shape index (κ1) is 16.7. The molecule has 3 fully saturated rings. The van der Waals surface area contributed by atoms with Gasteiger partial charge in [-0.3, -0.25) is 9.59 Å². The molecule has 0 aromatic heterocycles. The van der Waals surface area contributed by atoms with Crippen LogP contribution in [0.1, 0.15) is 30.5 Å². The van der Waals surface area contributed by atoms with Gasteiger partial charge in [0, 0.05) is 13.1 Å². The molecule has 0 saturated carbocycles. The lowest BCUT2D eigenvalue weighted by Gasteiger charge is -2.33. The fraction of sp³-hybridized carbons (Fsp3) is 0.364. The third-order valence-corrected chi connectivity index (χ3v) is 6.40. The molecule has 27 heavy (non-hydrogen) atoms. The summed E-state index contributed by atoms with van der Waals surface area (Å²) >= 11 is 0. The molecule has 0 bridgehead atoms. The van der Waals surface area contributed by atoms with Gasteiger partial charge in [-0.15, -0.1) is 0 Å². The summed E-state index contributed by atoms with van der Waals surface area (Å²) in [4.78, 5) is 28.5. The molecule has 0 N–H and O–H groups in total. The van der Waals surface area contributed by atoms with Crippen LogP contribution in [0.5, 0.6) is 0 Å². The van der Waals surface area contributed by atoms with E-state index in [0.29, 0.717) is 5.69 Å². The monoisotopic (exact) mass is 361 g/mol. The van der Waals surface area contributed by atoms with Gasteiger partial charge in [0.2, 0.25) is 5.91 Å². The van der Waals surface area contributed by atoms with E-state index in [1.54, 1.807) is 0 Å². The van der Waals surface area contributed by atoms with E-state index in [9.17, 15) is 9.59 Å². The maximum Gasteiger partial charge on any atom is 0.256 e. The lowest BCUT2D eigenvalue weighted by atomic mass is 9.81. The predicted octanol–water partition coefficient (Wildman–Crippen LogP) is 2.92. The number of nitrogens with zero attached hydrogens (tertiary/aromatic N) is 3. The Morgan fingerprint density at radius 1 is 0.963 bits per heavy atom. The highest BCUT2D eigenvalue weighted by molar-refractivity contribution is 6.25. The number of carbonyl (C=O) groups is 2. The molecule has 2 aromatic rings. The second-order valence-electron chi connectivity index (χ2n) is 7.93. The summed E-state index contributed by atoms with van der Waals surface area (Å²) in [5, 5.41) is 4.41. The fourth-order valence-electron chi connectivity index (χ4n) is 5.10. The molecule has 3 aliphatic heterocycles. The quantitative estimate of drug-likeness (QED) is 0.772. The van der Waals surface area contributed by atoms with E-state index >= 15 is 0 Å². The van der Waals surface area contributed by atoms with E-state index < -0.39 is 11.5 Å². The van der Waals surface area contributed by atoms with Crippen molar-refractivity contribution in [1.29, 1.82) is 0 Å². The Hall–Kier alpha value is -2.50. The van der Waals surface area contributed by atoms with Crippen LogP contribution in [0.3, 0.4) is 0 Å². The van der Waals surface area contributed by atoms with Crippen molar-refractivity contribution < 1.29 is 9.59 Å². The zero-order valence-electron chi connectivity index (χ0n) is 15.6. The number of imide groups is 1. The van der Waals surface area contributed by atoms with Crippen molar-refractivity contribution in [3.05, 3.63) is 65.7 Å². The summed E-state index contributed by atoms with van der Waals surface area (Å²) in [5.74, 6) is -0.588. The maximum absolute atomic E-state index is 13.6. The smallest absolute Gasteiger partial charge is 0.256 e. The third kappa shape index (κ3) is 2.12. The highest BCUT2D eigenvalue weighted by Crippen LogP contribution is 2.54. The molecular weight excluding hydrogens is 338 g/mol. The van der Waals surface area contributed by atoms with E-state index in [1.165, 1.54) is 4.90 Å². The van der Waals surface area contributed by atoms with Crippen LogP contribution in [0.15, 0.2) is 54.6 Å². The van der Waals surface area contributed by atoms with Gasteiger partial charge >= 0.3 is 0 Å². The van der Waals surface area contributed by atoms with Gasteiger partial charge < -0.3 is 0 Å². The standard InChI is InChI=1S/C22H23N3O2/c1-15-9-11-17(12-10-15)25-20(26)18-19(16-7-4-3-5-8-16)23-13-6-14-24(23)22(18,2)21(25)27/h3-5,7-12,18-19H,6,13-14H2,1-2H3/t18-,19-,22+/m1/s1. The first-order chi connectivity index (χ1) is 13.0. The Kier molecular flexibility index (Phi) is 3.55. The molecule has 3 atom stereocenters. The third-order valence-electron chi connectivity index (χ3n) is 6.40. The number of amides is 2. The van der Waals surface area contributed by atoms with Gasteiger partial charge in [0.05, 0.1) is 17.6 Å². The highest BCUT2D eigenvalue weighted by Gasteiger charge is 2.70. The minimum Gasteiger partial charge on any atom is -0.274 e. The maximum atomic E-state index is 13.6. The molecule has 3 heterocycles. The Balaban J connectivity index is 1.63. The van der Waals surface area contributed by atoms with Gasteiger partial charge in [0.1, 0.15) is 5.54 Å². The summed E-state index contributed by atoms with van der Waals surface area (Å²) in [6.45, 7) is 5.65.